The van der Waals surface area contributed by atoms with Gasteiger partial charge in [-0.05, 0) is 18.1 Å². The van der Waals surface area contributed by atoms with Crippen molar-refractivity contribution in [1.29, 1.82) is 0 Å². The molecule has 0 aliphatic carbocycles. The lowest BCUT2D eigenvalue weighted by Gasteiger charge is -2.14. The maximum Gasteiger partial charge on any atom is 0.0705 e. The minimum absolute atomic E-state index is 0. The zero-order valence-electron chi connectivity index (χ0n) is 11.1. The van der Waals surface area contributed by atoms with Crippen LogP contribution in [0.4, 0.5) is 0 Å². The van der Waals surface area contributed by atoms with Crippen molar-refractivity contribution >= 4 is 23.3 Å². The number of nitrogens with two attached hydrogens (primary N) is 1. The molecular formula is C15H20ClN3. The Hall–Kier alpha value is -1.16. The van der Waals surface area contributed by atoms with Crippen LogP contribution in [0.5, 0.6) is 0 Å². The average molecular weight is 278 g/mol. The number of hydrogen-bond donors (Lipinski definition) is 1. The predicted molar refractivity (Wildman–Crippen MR) is 81.4 cm³/mol. The van der Waals surface area contributed by atoms with Crippen LogP contribution in [-0.2, 0) is 6.54 Å². The highest BCUT2D eigenvalue weighted by Gasteiger charge is 2.26. The topological polar surface area (TPSA) is 42.2 Å². The van der Waals surface area contributed by atoms with Crippen molar-refractivity contribution in [1.82, 2.24) is 9.88 Å². The summed E-state index contributed by atoms with van der Waals surface area (Å²) in [6, 6.07) is 12.8. The van der Waals surface area contributed by atoms with Crippen molar-refractivity contribution in [2.24, 2.45) is 11.7 Å². The van der Waals surface area contributed by atoms with E-state index in [1.807, 2.05) is 12.1 Å². The molecule has 19 heavy (non-hydrogen) atoms. The number of pyridine rings is 1. The summed E-state index contributed by atoms with van der Waals surface area (Å²) in [6.45, 7) is 5.19. The third kappa shape index (κ3) is 3.06. The quantitative estimate of drug-likeness (QED) is 0.917. The molecule has 0 saturated carbocycles. The van der Waals surface area contributed by atoms with Crippen molar-refractivity contribution < 1.29 is 0 Å². The number of aromatic nitrogens is 1. The van der Waals surface area contributed by atoms with Gasteiger partial charge in [0.05, 0.1) is 11.2 Å². The normalized spacial score (nSPS) is 23.5. The fraction of sp³-hybridized carbons (Fsp3) is 0.400. The van der Waals surface area contributed by atoms with E-state index in [0.29, 0.717) is 12.0 Å². The monoisotopic (exact) mass is 277 g/mol. The maximum absolute atomic E-state index is 6.05. The summed E-state index contributed by atoms with van der Waals surface area (Å²) in [5.74, 6) is 0.588. The Kier molecular flexibility index (Phi) is 4.40. The van der Waals surface area contributed by atoms with E-state index in [2.05, 4.69) is 36.1 Å². The fourth-order valence-electron chi connectivity index (χ4n) is 2.65. The lowest BCUT2D eigenvalue weighted by molar-refractivity contribution is 0.315. The highest BCUT2D eigenvalue weighted by Crippen LogP contribution is 2.18. The molecule has 2 atom stereocenters. The minimum Gasteiger partial charge on any atom is -0.326 e. The van der Waals surface area contributed by atoms with Crippen LogP contribution in [0.25, 0.3) is 10.9 Å². The van der Waals surface area contributed by atoms with Crippen LogP contribution in [0.3, 0.4) is 0 Å². The largest absolute Gasteiger partial charge is 0.326 e. The highest BCUT2D eigenvalue weighted by atomic mass is 35.5. The van der Waals surface area contributed by atoms with Crippen molar-refractivity contribution in [3.8, 4) is 0 Å². The number of fused-ring (bicyclic) bond motifs is 1. The molecule has 0 amide bonds. The van der Waals surface area contributed by atoms with Crippen LogP contribution in [0.15, 0.2) is 36.4 Å². The lowest BCUT2D eigenvalue weighted by atomic mass is 10.1. The zero-order valence-corrected chi connectivity index (χ0v) is 11.9. The first-order valence-corrected chi connectivity index (χ1v) is 6.55. The van der Waals surface area contributed by atoms with Gasteiger partial charge in [0.2, 0.25) is 0 Å². The van der Waals surface area contributed by atoms with Crippen molar-refractivity contribution in [3.05, 3.63) is 42.1 Å². The molecular weight excluding hydrogens is 258 g/mol. The standard InChI is InChI=1S/C15H19N3.ClH/c1-11-8-18(10-14(11)16)9-13-7-6-12-4-2-3-5-15(12)17-13;/h2-7,11,14H,8-10,16H2,1H3;1H. The molecule has 1 aromatic carbocycles. The van der Waals surface area contributed by atoms with Gasteiger partial charge in [-0.1, -0.05) is 31.2 Å². The molecule has 1 fully saturated rings. The van der Waals surface area contributed by atoms with Gasteiger partial charge in [0, 0.05) is 31.1 Å². The SMILES string of the molecule is CC1CN(Cc2ccc3ccccc3n2)CC1N.Cl. The molecule has 1 aliphatic rings. The summed E-state index contributed by atoms with van der Waals surface area (Å²) in [6.07, 6.45) is 0. The second kappa shape index (κ2) is 5.87. The summed E-state index contributed by atoms with van der Waals surface area (Å²) in [7, 11) is 0. The van der Waals surface area contributed by atoms with Crippen LogP contribution < -0.4 is 5.73 Å². The van der Waals surface area contributed by atoms with Crippen LogP contribution in [0.2, 0.25) is 0 Å². The molecule has 102 valence electrons. The van der Waals surface area contributed by atoms with E-state index >= 15 is 0 Å². The summed E-state index contributed by atoms with van der Waals surface area (Å²) >= 11 is 0. The van der Waals surface area contributed by atoms with Crippen molar-refractivity contribution in [2.45, 2.75) is 19.5 Å². The molecule has 2 unspecified atom stereocenters. The predicted octanol–water partition coefficient (Wildman–Crippen LogP) is 2.44. The number of benzene rings is 1. The van der Waals surface area contributed by atoms with E-state index in [0.717, 1.165) is 30.8 Å². The lowest BCUT2D eigenvalue weighted by Crippen LogP contribution is -2.28. The van der Waals surface area contributed by atoms with Crippen LogP contribution in [0, 0.1) is 5.92 Å². The molecule has 2 aromatic rings. The van der Waals surface area contributed by atoms with Crippen LogP contribution in [0.1, 0.15) is 12.6 Å². The molecule has 2 N–H and O–H groups in total. The van der Waals surface area contributed by atoms with Gasteiger partial charge in [0.25, 0.3) is 0 Å². The van der Waals surface area contributed by atoms with E-state index in [4.69, 9.17) is 10.7 Å². The molecule has 1 aromatic heterocycles. The Morgan fingerprint density at radius 3 is 2.74 bits per heavy atom. The van der Waals surface area contributed by atoms with Gasteiger partial charge in [0.1, 0.15) is 0 Å². The highest BCUT2D eigenvalue weighted by molar-refractivity contribution is 5.85. The zero-order chi connectivity index (χ0) is 12.5. The molecule has 0 radical (unpaired) electrons. The van der Waals surface area contributed by atoms with Crippen molar-refractivity contribution in [2.75, 3.05) is 13.1 Å². The summed E-state index contributed by atoms with van der Waals surface area (Å²) in [4.78, 5) is 7.10. The smallest absolute Gasteiger partial charge is 0.0705 e. The molecule has 1 saturated heterocycles. The summed E-state index contributed by atoms with van der Waals surface area (Å²) < 4.78 is 0. The first-order valence-electron chi connectivity index (χ1n) is 6.55. The molecule has 3 rings (SSSR count). The number of likely N-dealkylation sites (tertiary alicyclic amines) is 1. The minimum atomic E-state index is 0. The Morgan fingerprint density at radius 2 is 2.00 bits per heavy atom. The molecule has 1 aliphatic heterocycles. The third-order valence-electron chi connectivity index (χ3n) is 3.79. The second-order valence-electron chi connectivity index (χ2n) is 5.33. The summed E-state index contributed by atoms with van der Waals surface area (Å²) in [5, 5.41) is 1.20. The van der Waals surface area contributed by atoms with E-state index in [-0.39, 0.29) is 12.4 Å². The fourth-order valence-corrected chi connectivity index (χ4v) is 2.65. The average Bonchev–Trinajstić information content (AvgIpc) is 2.68. The van der Waals surface area contributed by atoms with Gasteiger partial charge in [-0.15, -0.1) is 12.4 Å². The Balaban J connectivity index is 0.00000133. The van der Waals surface area contributed by atoms with Gasteiger partial charge in [-0.25, -0.2) is 0 Å². The van der Waals surface area contributed by atoms with Gasteiger partial charge < -0.3 is 5.73 Å². The first-order chi connectivity index (χ1) is 8.72. The molecule has 2 heterocycles. The van der Waals surface area contributed by atoms with Gasteiger partial charge in [-0.2, -0.15) is 0 Å². The third-order valence-corrected chi connectivity index (χ3v) is 3.79. The first kappa shape index (κ1) is 14.3. The number of halogens is 1. The number of para-hydroxylation sites is 1. The Bertz CT molecular complexity index is 548. The number of hydrogen-bond acceptors (Lipinski definition) is 3. The van der Waals surface area contributed by atoms with Crippen LogP contribution in [-0.4, -0.2) is 29.0 Å². The van der Waals surface area contributed by atoms with E-state index in [1.165, 1.54) is 5.39 Å². The molecule has 0 bridgehead atoms. The molecule has 4 heteroatoms. The molecule has 3 nitrogen and oxygen atoms in total. The van der Waals surface area contributed by atoms with E-state index in [9.17, 15) is 0 Å². The van der Waals surface area contributed by atoms with Gasteiger partial charge in [-0.3, -0.25) is 9.88 Å². The van der Waals surface area contributed by atoms with Gasteiger partial charge in [0.15, 0.2) is 0 Å². The van der Waals surface area contributed by atoms with Crippen molar-refractivity contribution in [3.63, 3.8) is 0 Å². The van der Waals surface area contributed by atoms with E-state index < -0.39 is 0 Å². The second-order valence-corrected chi connectivity index (χ2v) is 5.33. The Morgan fingerprint density at radius 1 is 1.21 bits per heavy atom. The van der Waals surface area contributed by atoms with Gasteiger partial charge >= 0.3 is 0 Å². The number of nitrogens with zero attached hydrogens (tertiary/aromatic N) is 2. The van der Waals surface area contributed by atoms with Crippen LogP contribution >= 0.6 is 12.4 Å². The molecule has 0 spiro atoms. The Labute approximate surface area is 120 Å². The summed E-state index contributed by atoms with van der Waals surface area (Å²) in [5.41, 5.74) is 8.26. The maximum atomic E-state index is 6.05. The van der Waals surface area contributed by atoms with E-state index in [1.54, 1.807) is 0 Å². The number of rotatable bonds is 2.